The Balaban J connectivity index is 2.24. The summed E-state index contributed by atoms with van der Waals surface area (Å²) >= 11 is 1.98. The molecule has 0 saturated carbocycles. The molecule has 1 N–H and O–H groups in total. The summed E-state index contributed by atoms with van der Waals surface area (Å²) in [5.41, 5.74) is 0. The molecule has 18 heavy (non-hydrogen) atoms. The van der Waals surface area contributed by atoms with Crippen LogP contribution in [-0.4, -0.2) is 48.6 Å². The van der Waals surface area contributed by atoms with Crippen LogP contribution < -0.4 is 5.32 Å². The maximum absolute atomic E-state index is 3.72. The summed E-state index contributed by atoms with van der Waals surface area (Å²) in [5, 5.41) is 3.72. The standard InChI is InChI=1S/C15H32N2S/c1-4-9-14-13-17(15(5-2)12-16-14)10-7-6-8-11-18-3/h14-16H,4-13H2,1-3H3. The van der Waals surface area contributed by atoms with E-state index < -0.39 is 0 Å². The smallest absolute Gasteiger partial charge is 0.0218 e. The molecule has 0 aromatic carbocycles. The Morgan fingerprint density at radius 2 is 2.06 bits per heavy atom. The fourth-order valence-electron chi connectivity index (χ4n) is 2.88. The summed E-state index contributed by atoms with van der Waals surface area (Å²) in [5.74, 6) is 1.33. The number of unbranched alkanes of at least 4 members (excludes halogenated alkanes) is 2. The van der Waals surface area contributed by atoms with Crippen LogP contribution in [-0.2, 0) is 0 Å². The van der Waals surface area contributed by atoms with Gasteiger partial charge in [0, 0.05) is 25.2 Å². The Morgan fingerprint density at radius 3 is 2.72 bits per heavy atom. The van der Waals surface area contributed by atoms with Crippen LogP contribution in [0.2, 0.25) is 0 Å². The van der Waals surface area contributed by atoms with Crippen molar-refractivity contribution in [2.75, 3.05) is 31.6 Å². The number of hydrogen-bond donors (Lipinski definition) is 1. The van der Waals surface area contributed by atoms with Crippen molar-refractivity contribution in [1.29, 1.82) is 0 Å². The van der Waals surface area contributed by atoms with Gasteiger partial charge < -0.3 is 5.32 Å². The monoisotopic (exact) mass is 272 g/mol. The molecule has 1 aliphatic rings. The SMILES string of the molecule is CCCC1CN(CCCCCSC)C(CC)CN1. The van der Waals surface area contributed by atoms with Gasteiger partial charge in [0.25, 0.3) is 0 Å². The molecule has 0 aliphatic carbocycles. The van der Waals surface area contributed by atoms with Crippen LogP contribution in [0.4, 0.5) is 0 Å². The molecule has 0 radical (unpaired) electrons. The molecular weight excluding hydrogens is 240 g/mol. The van der Waals surface area contributed by atoms with E-state index in [1.807, 2.05) is 11.8 Å². The van der Waals surface area contributed by atoms with E-state index in [-0.39, 0.29) is 0 Å². The van der Waals surface area contributed by atoms with Gasteiger partial charge in [-0.3, -0.25) is 4.90 Å². The third-order valence-electron chi connectivity index (χ3n) is 4.02. The maximum atomic E-state index is 3.72. The topological polar surface area (TPSA) is 15.3 Å². The molecule has 0 amide bonds. The number of piperazine rings is 1. The average molecular weight is 273 g/mol. The summed E-state index contributed by atoms with van der Waals surface area (Å²) in [4.78, 5) is 2.75. The van der Waals surface area contributed by atoms with Crippen molar-refractivity contribution in [2.24, 2.45) is 0 Å². The fraction of sp³-hybridized carbons (Fsp3) is 1.00. The zero-order chi connectivity index (χ0) is 13.2. The lowest BCUT2D eigenvalue weighted by atomic mass is 10.0. The van der Waals surface area contributed by atoms with Gasteiger partial charge in [-0.25, -0.2) is 0 Å². The molecule has 1 saturated heterocycles. The molecule has 2 nitrogen and oxygen atoms in total. The second kappa shape index (κ2) is 10.1. The first-order chi connectivity index (χ1) is 8.81. The molecule has 1 rings (SSSR count). The predicted octanol–water partition coefficient (Wildman–Crippen LogP) is 3.37. The minimum Gasteiger partial charge on any atom is -0.311 e. The van der Waals surface area contributed by atoms with Crippen molar-refractivity contribution >= 4 is 11.8 Å². The van der Waals surface area contributed by atoms with Crippen LogP contribution in [0.3, 0.4) is 0 Å². The van der Waals surface area contributed by atoms with Gasteiger partial charge in [0.1, 0.15) is 0 Å². The molecule has 2 atom stereocenters. The Labute approximate surface area is 118 Å². The van der Waals surface area contributed by atoms with Gasteiger partial charge in [-0.1, -0.05) is 26.7 Å². The quantitative estimate of drug-likeness (QED) is 0.648. The second-order valence-electron chi connectivity index (χ2n) is 5.50. The molecule has 1 aliphatic heterocycles. The van der Waals surface area contributed by atoms with Gasteiger partial charge >= 0.3 is 0 Å². The molecule has 0 aromatic heterocycles. The molecule has 1 fully saturated rings. The number of nitrogens with zero attached hydrogens (tertiary/aromatic N) is 1. The Morgan fingerprint density at radius 1 is 1.22 bits per heavy atom. The molecule has 0 spiro atoms. The first-order valence-corrected chi connectivity index (χ1v) is 9.17. The first-order valence-electron chi connectivity index (χ1n) is 7.78. The molecular formula is C15H32N2S. The Kier molecular flexibility index (Phi) is 9.16. The average Bonchev–Trinajstić information content (AvgIpc) is 2.39. The lowest BCUT2D eigenvalue weighted by Crippen LogP contribution is -2.56. The minimum absolute atomic E-state index is 0.740. The zero-order valence-corrected chi connectivity index (χ0v) is 13.4. The van der Waals surface area contributed by atoms with Crippen molar-refractivity contribution < 1.29 is 0 Å². The minimum atomic E-state index is 0.740. The van der Waals surface area contributed by atoms with Gasteiger partial charge in [0.15, 0.2) is 0 Å². The highest BCUT2D eigenvalue weighted by Gasteiger charge is 2.25. The normalized spacial score (nSPS) is 25.5. The first kappa shape index (κ1) is 16.3. The van der Waals surface area contributed by atoms with Crippen LogP contribution in [0.25, 0.3) is 0 Å². The summed E-state index contributed by atoms with van der Waals surface area (Å²) in [7, 11) is 0. The van der Waals surface area contributed by atoms with E-state index in [4.69, 9.17) is 0 Å². The van der Waals surface area contributed by atoms with Crippen molar-refractivity contribution in [3.05, 3.63) is 0 Å². The van der Waals surface area contributed by atoms with Crippen molar-refractivity contribution in [3.63, 3.8) is 0 Å². The Bertz CT molecular complexity index is 199. The van der Waals surface area contributed by atoms with Gasteiger partial charge in [0.2, 0.25) is 0 Å². The number of nitrogens with one attached hydrogen (secondary N) is 1. The maximum Gasteiger partial charge on any atom is 0.0218 e. The number of hydrogen-bond acceptors (Lipinski definition) is 3. The second-order valence-corrected chi connectivity index (χ2v) is 6.49. The van der Waals surface area contributed by atoms with E-state index in [1.165, 1.54) is 63.9 Å². The number of thioether (sulfide) groups is 1. The van der Waals surface area contributed by atoms with E-state index in [0.29, 0.717) is 0 Å². The van der Waals surface area contributed by atoms with Gasteiger partial charge in [-0.05, 0) is 44.2 Å². The molecule has 3 heteroatoms. The summed E-state index contributed by atoms with van der Waals surface area (Å²) in [6, 6.07) is 1.52. The van der Waals surface area contributed by atoms with Crippen LogP contribution in [0, 0.1) is 0 Å². The van der Waals surface area contributed by atoms with Crippen molar-refractivity contribution in [1.82, 2.24) is 10.2 Å². The highest BCUT2D eigenvalue weighted by atomic mass is 32.2. The molecule has 1 heterocycles. The lowest BCUT2D eigenvalue weighted by molar-refractivity contribution is 0.121. The van der Waals surface area contributed by atoms with E-state index in [0.717, 1.165) is 12.1 Å². The van der Waals surface area contributed by atoms with Gasteiger partial charge in [-0.2, -0.15) is 11.8 Å². The highest BCUT2D eigenvalue weighted by Crippen LogP contribution is 2.14. The van der Waals surface area contributed by atoms with E-state index in [2.05, 4.69) is 30.3 Å². The van der Waals surface area contributed by atoms with Crippen LogP contribution in [0.1, 0.15) is 52.4 Å². The van der Waals surface area contributed by atoms with Gasteiger partial charge in [0.05, 0.1) is 0 Å². The van der Waals surface area contributed by atoms with Crippen LogP contribution in [0.5, 0.6) is 0 Å². The Hall–Kier alpha value is 0.270. The third kappa shape index (κ3) is 5.94. The summed E-state index contributed by atoms with van der Waals surface area (Å²) in [6.07, 6.45) is 10.3. The summed E-state index contributed by atoms with van der Waals surface area (Å²) < 4.78 is 0. The fourth-order valence-corrected chi connectivity index (χ4v) is 3.38. The van der Waals surface area contributed by atoms with Crippen LogP contribution >= 0.6 is 11.8 Å². The molecule has 0 bridgehead atoms. The van der Waals surface area contributed by atoms with Gasteiger partial charge in [-0.15, -0.1) is 0 Å². The third-order valence-corrected chi connectivity index (χ3v) is 4.71. The molecule has 108 valence electrons. The largest absolute Gasteiger partial charge is 0.311 e. The lowest BCUT2D eigenvalue weighted by Gasteiger charge is -2.40. The predicted molar refractivity (Wildman–Crippen MR) is 84.6 cm³/mol. The highest BCUT2D eigenvalue weighted by molar-refractivity contribution is 7.98. The van der Waals surface area contributed by atoms with E-state index in [9.17, 15) is 0 Å². The van der Waals surface area contributed by atoms with E-state index in [1.54, 1.807) is 0 Å². The zero-order valence-electron chi connectivity index (χ0n) is 12.6. The van der Waals surface area contributed by atoms with E-state index >= 15 is 0 Å². The number of rotatable bonds is 9. The molecule has 0 aromatic rings. The van der Waals surface area contributed by atoms with Crippen molar-refractivity contribution in [2.45, 2.75) is 64.5 Å². The molecule has 2 unspecified atom stereocenters. The summed E-state index contributed by atoms with van der Waals surface area (Å²) in [6.45, 7) is 8.41. The van der Waals surface area contributed by atoms with Crippen LogP contribution in [0.15, 0.2) is 0 Å². The van der Waals surface area contributed by atoms with Crippen molar-refractivity contribution in [3.8, 4) is 0 Å².